The fraction of sp³-hybridized carbons (Fsp3) is 0.500. The quantitative estimate of drug-likeness (QED) is 0.415. The normalized spacial score (nSPS) is 17.0. The summed E-state index contributed by atoms with van der Waals surface area (Å²) in [6.45, 7) is 3.64. The van der Waals surface area contributed by atoms with E-state index in [-0.39, 0.29) is 39.9 Å². The Balaban J connectivity index is 2.03. The number of rotatable bonds is 9. The highest BCUT2D eigenvalue weighted by Gasteiger charge is 2.30. The number of nitrogens with one attached hydrogen (secondary N) is 1. The molecule has 12 heteroatoms. The number of anilines is 1. The number of ether oxygens (including phenoxy) is 3. The van der Waals surface area contributed by atoms with Crippen LogP contribution < -0.4 is 10.5 Å². The third-order valence-electron chi connectivity index (χ3n) is 5.07. The van der Waals surface area contributed by atoms with Crippen molar-refractivity contribution in [3.05, 3.63) is 44.8 Å². The zero-order valence-corrected chi connectivity index (χ0v) is 19.7. The van der Waals surface area contributed by atoms with Gasteiger partial charge in [-0.25, -0.2) is 8.42 Å². The molecular weight excluding hydrogens is 462 g/mol. The minimum absolute atomic E-state index is 0.0170. The van der Waals surface area contributed by atoms with Gasteiger partial charge in [-0.2, -0.15) is 0 Å². The molecule has 1 saturated heterocycles. The fourth-order valence-corrected chi connectivity index (χ4v) is 4.78. The lowest BCUT2D eigenvalue weighted by Crippen LogP contribution is -2.44. The highest BCUT2D eigenvalue weighted by molar-refractivity contribution is 7.90. The van der Waals surface area contributed by atoms with Gasteiger partial charge in [0.1, 0.15) is 5.56 Å². The number of hydrogen-bond acceptors (Lipinski definition) is 8. The van der Waals surface area contributed by atoms with Gasteiger partial charge in [-0.3, -0.25) is 14.3 Å². The lowest BCUT2D eigenvalue weighted by atomic mass is 10.0. The standard InChI is InChI=1S/C20H26ClN3O7S/c1-4-24-20(26)14(11-22-24)19(25)13-5-6-15(32(3,27)28)18(17(13)21)23-7-8-30-16(12-23)31-10-9-29-2/h5-6,11,16,22H,4,7-10,12H2,1-3H3. The fourth-order valence-electron chi connectivity index (χ4n) is 3.45. The molecule has 1 aromatic carbocycles. The molecule has 32 heavy (non-hydrogen) atoms. The summed E-state index contributed by atoms with van der Waals surface area (Å²) >= 11 is 6.62. The molecule has 0 spiro atoms. The number of ketones is 1. The first-order valence-corrected chi connectivity index (χ1v) is 12.3. The third-order valence-corrected chi connectivity index (χ3v) is 6.58. The first-order chi connectivity index (χ1) is 15.2. The van der Waals surface area contributed by atoms with Crippen LogP contribution in [0.3, 0.4) is 0 Å². The predicted octanol–water partition coefficient (Wildman–Crippen LogP) is 1.31. The molecule has 2 heterocycles. The summed E-state index contributed by atoms with van der Waals surface area (Å²) < 4.78 is 42.4. The second-order valence-electron chi connectivity index (χ2n) is 7.22. The van der Waals surface area contributed by atoms with E-state index in [0.717, 1.165) is 6.26 Å². The number of nitrogens with zero attached hydrogens (tertiary/aromatic N) is 2. The number of H-pyrrole nitrogens is 1. The number of carbonyl (C=O) groups excluding carboxylic acids is 1. The van der Waals surface area contributed by atoms with Crippen LogP contribution in [-0.4, -0.2) is 76.5 Å². The zero-order valence-electron chi connectivity index (χ0n) is 18.1. The van der Waals surface area contributed by atoms with E-state index in [2.05, 4.69) is 5.10 Å². The maximum atomic E-state index is 13.1. The molecule has 0 amide bonds. The van der Waals surface area contributed by atoms with E-state index in [1.807, 2.05) is 0 Å². The van der Waals surface area contributed by atoms with E-state index in [0.29, 0.717) is 26.3 Å². The molecule has 176 valence electrons. The van der Waals surface area contributed by atoms with Crippen molar-refractivity contribution in [1.82, 2.24) is 9.78 Å². The summed E-state index contributed by atoms with van der Waals surface area (Å²) in [6, 6.07) is 2.67. The van der Waals surface area contributed by atoms with E-state index >= 15 is 0 Å². The van der Waals surface area contributed by atoms with Gasteiger partial charge in [0.15, 0.2) is 16.1 Å². The van der Waals surface area contributed by atoms with Crippen LogP contribution in [0.25, 0.3) is 0 Å². The zero-order chi connectivity index (χ0) is 23.5. The Morgan fingerprint density at radius 3 is 2.69 bits per heavy atom. The van der Waals surface area contributed by atoms with E-state index in [4.69, 9.17) is 25.8 Å². The van der Waals surface area contributed by atoms with Gasteiger partial charge in [0.25, 0.3) is 5.56 Å². The van der Waals surface area contributed by atoms with Gasteiger partial charge < -0.3 is 24.2 Å². The van der Waals surface area contributed by atoms with Crippen LogP contribution in [-0.2, 0) is 30.6 Å². The summed E-state index contributed by atoms with van der Waals surface area (Å²) in [5.74, 6) is -0.592. The van der Waals surface area contributed by atoms with E-state index in [1.165, 1.54) is 23.0 Å². The van der Waals surface area contributed by atoms with Crippen molar-refractivity contribution in [2.45, 2.75) is 24.7 Å². The summed E-state index contributed by atoms with van der Waals surface area (Å²) in [6.07, 6.45) is 1.77. The number of hydrogen-bond donors (Lipinski definition) is 1. The first kappa shape index (κ1) is 24.5. The van der Waals surface area contributed by atoms with Crippen LogP contribution >= 0.6 is 11.6 Å². The third kappa shape index (κ3) is 5.07. The largest absolute Gasteiger partial charge is 0.382 e. The van der Waals surface area contributed by atoms with Crippen molar-refractivity contribution >= 4 is 32.9 Å². The number of aromatic amines is 1. The van der Waals surface area contributed by atoms with Gasteiger partial charge in [0, 0.05) is 38.2 Å². The maximum Gasteiger partial charge on any atom is 0.277 e. The molecule has 1 aliphatic heterocycles. The topological polar surface area (TPSA) is 120 Å². The number of morpholine rings is 1. The van der Waals surface area contributed by atoms with Gasteiger partial charge in [-0.1, -0.05) is 11.6 Å². The molecule has 3 rings (SSSR count). The lowest BCUT2D eigenvalue weighted by Gasteiger charge is -2.35. The smallest absolute Gasteiger partial charge is 0.277 e. The molecule has 0 bridgehead atoms. The SMILES string of the molecule is CCn1[nH]cc(C(=O)c2ccc(S(C)(=O)=O)c(N3CCOC(OCCOC)C3)c2Cl)c1=O. The first-order valence-electron chi connectivity index (χ1n) is 10.0. The van der Waals surface area contributed by atoms with Crippen LogP contribution in [0.1, 0.15) is 22.8 Å². The lowest BCUT2D eigenvalue weighted by molar-refractivity contribution is -0.152. The number of benzene rings is 1. The van der Waals surface area contributed by atoms with E-state index < -0.39 is 27.5 Å². The number of aromatic nitrogens is 2. The Labute approximate surface area is 190 Å². The van der Waals surface area contributed by atoms with Crippen LogP contribution in [0, 0.1) is 0 Å². The number of methoxy groups -OCH3 is 1. The Morgan fingerprint density at radius 2 is 2.06 bits per heavy atom. The van der Waals surface area contributed by atoms with Crippen molar-refractivity contribution in [3.63, 3.8) is 0 Å². The summed E-state index contributed by atoms with van der Waals surface area (Å²) in [5.41, 5.74) is -0.318. The van der Waals surface area contributed by atoms with Gasteiger partial charge in [-0.05, 0) is 19.1 Å². The number of carbonyl (C=O) groups is 1. The molecule has 1 aromatic heterocycles. The molecule has 0 saturated carbocycles. The second-order valence-corrected chi connectivity index (χ2v) is 9.58. The molecule has 0 radical (unpaired) electrons. The highest BCUT2D eigenvalue weighted by atomic mass is 35.5. The van der Waals surface area contributed by atoms with Gasteiger partial charge in [-0.15, -0.1) is 0 Å². The summed E-state index contributed by atoms with van der Waals surface area (Å²) in [5, 5.41) is 2.69. The maximum absolute atomic E-state index is 13.1. The van der Waals surface area contributed by atoms with E-state index in [9.17, 15) is 18.0 Å². The van der Waals surface area contributed by atoms with Gasteiger partial charge >= 0.3 is 0 Å². The van der Waals surface area contributed by atoms with E-state index in [1.54, 1.807) is 18.9 Å². The molecule has 1 N–H and O–H groups in total. The Hall–Kier alpha value is -2.18. The molecule has 10 nitrogen and oxygen atoms in total. The van der Waals surface area contributed by atoms with Crippen LogP contribution in [0.2, 0.25) is 5.02 Å². The average Bonchev–Trinajstić information content (AvgIpc) is 3.13. The molecule has 1 unspecified atom stereocenters. The molecule has 1 aliphatic rings. The summed E-state index contributed by atoms with van der Waals surface area (Å²) in [4.78, 5) is 27.2. The Kier molecular flexibility index (Phi) is 7.78. The van der Waals surface area contributed by atoms with Crippen LogP contribution in [0.4, 0.5) is 5.69 Å². The van der Waals surface area contributed by atoms with Gasteiger partial charge in [0.05, 0.1) is 42.0 Å². The van der Waals surface area contributed by atoms with Crippen molar-refractivity contribution in [2.75, 3.05) is 51.2 Å². The Bertz CT molecular complexity index is 1140. The molecule has 1 atom stereocenters. The summed E-state index contributed by atoms with van der Waals surface area (Å²) in [7, 11) is -2.12. The van der Waals surface area contributed by atoms with Crippen LogP contribution in [0.5, 0.6) is 0 Å². The number of aryl methyl sites for hydroxylation is 1. The number of sulfone groups is 1. The minimum Gasteiger partial charge on any atom is -0.382 e. The average molecular weight is 488 g/mol. The minimum atomic E-state index is -3.67. The van der Waals surface area contributed by atoms with Crippen molar-refractivity contribution < 1.29 is 27.4 Å². The predicted molar refractivity (Wildman–Crippen MR) is 119 cm³/mol. The van der Waals surface area contributed by atoms with Crippen LogP contribution in [0.15, 0.2) is 28.0 Å². The van der Waals surface area contributed by atoms with Crippen molar-refractivity contribution in [3.8, 4) is 0 Å². The highest BCUT2D eigenvalue weighted by Crippen LogP contribution is 2.37. The monoisotopic (exact) mass is 487 g/mol. The Morgan fingerprint density at radius 1 is 1.31 bits per heavy atom. The second kappa shape index (κ2) is 10.2. The van der Waals surface area contributed by atoms with Crippen molar-refractivity contribution in [2.24, 2.45) is 0 Å². The number of halogens is 1. The molecule has 2 aromatic rings. The van der Waals surface area contributed by atoms with Crippen molar-refractivity contribution in [1.29, 1.82) is 0 Å². The molecule has 1 fully saturated rings. The van der Waals surface area contributed by atoms with Gasteiger partial charge in [0.2, 0.25) is 5.78 Å². The molecular formula is C20H26ClN3O7S. The molecule has 0 aliphatic carbocycles.